The number of fused-ring (bicyclic) bond motifs is 1. The number of rotatable bonds is 8. The zero-order valence-corrected chi connectivity index (χ0v) is 19.8. The molecule has 0 bridgehead atoms. The Bertz CT molecular complexity index is 1440. The predicted molar refractivity (Wildman–Crippen MR) is 133 cm³/mol. The molecule has 0 saturated carbocycles. The van der Waals surface area contributed by atoms with E-state index in [2.05, 4.69) is 10.3 Å². The van der Waals surface area contributed by atoms with E-state index in [1.807, 2.05) is 4.72 Å². The van der Waals surface area contributed by atoms with Gasteiger partial charge in [-0.05, 0) is 42.0 Å². The van der Waals surface area contributed by atoms with Gasteiger partial charge in [-0.25, -0.2) is 17.9 Å². The lowest BCUT2D eigenvalue weighted by Gasteiger charge is -2.13. The first-order chi connectivity index (χ1) is 16.9. The number of hydrogen-bond donors (Lipinski definition) is 2. The number of anilines is 1. The minimum atomic E-state index is -3.85. The van der Waals surface area contributed by atoms with E-state index in [1.165, 1.54) is 0 Å². The smallest absolute Gasteiger partial charge is 0.332 e. The molecule has 2 amide bonds. The Kier molecular flexibility index (Phi) is 7.02. The molecule has 180 valence electrons. The third-order valence-corrected chi connectivity index (χ3v) is 6.20. The molecule has 9 nitrogen and oxygen atoms in total. The number of pyridine rings is 1. The molecule has 0 aliphatic heterocycles. The monoisotopic (exact) mass is 493 g/mol. The Balaban J connectivity index is 1.43. The lowest BCUT2D eigenvalue weighted by molar-refractivity contribution is 0.256. The number of carbonyl (C=O) groups is 1. The SMILES string of the molecule is COc1cc2nccc(Oc3ccc(NC(=O)NS(=O)(=O)Cc4ccccc4)cc3)c2cc1OC. The van der Waals surface area contributed by atoms with Crippen LogP contribution in [-0.2, 0) is 15.8 Å². The van der Waals surface area contributed by atoms with Gasteiger partial charge in [-0.1, -0.05) is 30.3 Å². The highest BCUT2D eigenvalue weighted by molar-refractivity contribution is 7.89. The highest BCUT2D eigenvalue weighted by Crippen LogP contribution is 2.36. The average molecular weight is 494 g/mol. The Morgan fingerprint density at radius 2 is 1.57 bits per heavy atom. The number of benzene rings is 3. The summed E-state index contributed by atoms with van der Waals surface area (Å²) in [6.45, 7) is 0. The molecule has 1 heterocycles. The van der Waals surface area contributed by atoms with Gasteiger partial charge in [0.15, 0.2) is 11.5 Å². The number of hydrogen-bond acceptors (Lipinski definition) is 7. The Labute approximate surface area is 202 Å². The van der Waals surface area contributed by atoms with Gasteiger partial charge in [0.1, 0.15) is 11.5 Å². The fourth-order valence-corrected chi connectivity index (χ4v) is 4.43. The maximum Gasteiger partial charge on any atom is 0.332 e. The molecule has 10 heteroatoms. The van der Waals surface area contributed by atoms with E-state index in [9.17, 15) is 13.2 Å². The maximum atomic E-state index is 12.2. The summed E-state index contributed by atoms with van der Waals surface area (Å²) in [6.07, 6.45) is 1.62. The minimum absolute atomic E-state index is 0.301. The van der Waals surface area contributed by atoms with Crippen LogP contribution in [0.2, 0.25) is 0 Å². The molecule has 35 heavy (non-hydrogen) atoms. The quantitative estimate of drug-likeness (QED) is 0.366. The molecule has 0 aliphatic carbocycles. The van der Waals surface area contributed by atoms with Gasteiger partial charge in [0.05, 0.1) is 25.5 Å². The number of aromatic nitrogens is 1. The van der Waals surface area contributed by atoms with Crippen LogP contribution in [0.4, 0.5) is 10.5 Å². The third kappa shape index (κ3) is 5.98. The van der Waals surface area contributed by atoms with Gasteiger partial charge in [-0.3, -0.25) is 4.98 Å². The van der Waals surface area contributed by atoms with Crippen molar-refractivity contribution in [3.8, 4) is 23.0 Å². The zero-order valence-electron chi connectivity index (χ0n) is 19.0. The normalized spacial score (nSPS) is 11.0. The van der Waals surface area contributed by atoms with Crippen molar-refractivity contribution < 1.29 is 27.4 Å². The summed E-state index contributed by atoms with van der Waals surface area (Å²) < 4.78 is 43.2. The van der Waals surface area contributed by atoms with Gasteiger partial charge in [0.2, 0.25) is 10.0 Å². The van der Waals surface area contributed by atoms with Crippen LogP contribution in [0, 0.1) is 0 Å². The van der Waals surface area contributed by atoms with Gasteiger partial charge in [0, 0.05) is 23.3 Å². The molecule has 2 N–H and O–H groups in total. The van der Waals surface area contributed by atoms with Crippen LogP contribution in [0.3, 0.4) is 0 Å². The molecule has 0 saturated heterocycles. The molecule has 0 aliphatic rings. The Morgan fingerprint density at radius 3 is 2.26 bits per heavy atom. The van der Waals surface area contributed by atoms with Gasteiger partial charge in [-0.2, -0.15) is 0 Å². The number of sulfonamides is 1. The van der Waals surface area contributed by atoms with Crippen molar-refractivity contribution in [2.45, 2.75) is 5.75 Å². The van der Waals surface area contributed by atoms with Gasteiger partial charge >= 0.3 is 6.03 Å². The van der Waals surface area contributed by atoms with Crippen molar-refractivity contribution >= 4 is 32.6 Å². The van der Waals surface area contributed by atoms with Crippen molar-refractivity contribution in [2.75, 3.05) is 19.5 Å². The summed E-state index contributed by atoms with van der Waals surface area (Å²) in [5.41, 5.74) is 1.65. The molecule has 4 rings (SSSR count). The van der Waals surface area contributed by atoms with Crippen LogP contribution in [0.25, 0.3) is 10.9 Å². The van der Waals surface area contributed by atoms with Crippen LogP contribution in [0.15, 0.2) is 79.0 Å². The lowest BCUT2D eigenvalue weighted by Crippen LogP contribution is -2.35. The summed E-state index contributed by atoms with van der Waals surface area (Å²) >= 11 is 0. The summed E-state index contributed by atoms with van der Waals surface area (Å²) in [5, 5.41) is 3.24. The van der Waals surface area contributed by atoms with E-state index in [1.54, 1.807) is 93.2 Å². The van der Waals surface area contributed by atoms with E-state index in [0.717, 1.165) is 5.39 Å². The van der Waals surface area contributed by atoms with Crippen molar-refractivity contribution in [1.29, 1.82) is 0 Å². The molecular weight excluding hydrogens is 470 g/mol. The van der Waals surface area contributed by atoms with Gasteiger partial charge < -0.3 is 19.5 Å². The lowest BCUT2D eigenvalue weighted by atomic mass is 10.2. The summed E-state index contributed by atoms with van der Waals surface area (Å²) in [5.74, 6) is 1.87. The molecule has 1 aromatic heterocycles. The van der Waals surface area contributed by atoms with E-state index in [0.29, 0.717) is 39.8 Å². The number of carbonyl (C=O) groups excluding carboxylic acids is 1. The van der Waals surface area contributed by atoms with Crippen LogP contribution in [0.5, 0.6) is 23.0 Å². The third-order valence-electron chi connectivity index (χ3n) is 4.99. The summed E-state index contributed by atoms with van der Waals surface area (Å²) in [4.78, 5) is 16.5. The second-order valence-electron chi connectivity index (χ2n) is 7.46. The molecule has 0 radical (unpaired) electrons. The fraction of sp³-hybridized carbons (Fsp3) is 0.120. The van der Waals surface area contributed by atoms with Crippen molar-refractivity contribution in [3.05, 3.63) is 84.6 Å². The number of nitrogens with one attached hydrogen (secondary N) is 2. The molecule has 3 aromatic carbocycles. The second kappa shape index (κ2) is 10.3. The Hall–Kier alpha value is -4.31. The van der Waals surface area contributed by atoms with Crippen LogP contribution < -0.4 is 24.2 Å². The molecule has 0 unspecified atom stereocenters. The number of nitrogens with zero attached hydrogens (tertiary/aromatic N) is 1. The second-order valence-corrected chi connectivity index (χ2v) is 9.18. The van der Waals surface area contributed by atoms with Crippen LogP contribution in [0.1, 0.15) is 5.56 Å². The number of urea groups is 1. The topological polar surface area (TPSA) is 116 Å². The molecule has 0 atom stereocenters. The van der Waals surface area contributed by atoms with E-state index in [4.69, 9.17) is 14.2 Å². The van der Waals surface area contributed by atoms with E-state index >= 15 is 0 Å². The highest BCUT2D eigenvalue weighted by atomic mass is 32.2. The standard InChI is InChI=1S/C25H23N3O6S/c1-32-23-14-20-21(15-24(23)33-2)26-13-12-22(20)34-19-10-8-18(9-11-19)27-25(29)28-35(30,31)16-17-6-4-3-5-7-17/h3-15H,16H2,1-2H3,(H2,27,28,29). The van der Waals surface area contributed by atoms with Crippen LogP contribution in [-0.4, -0.2) is 33.7 Å². The van der Waals surface area contributed by atoms with Crippen molar-refractivity contribution in [1.82, 2.24) is 9.71 Å². The van der Waals surface area contributed by atoms with E-state index in [-0.39, 0.29) is 5.75 Å². The highest BCUT2D eigenvalue weighted by Gasteiger charge is 2.16. The predicted octanol–water partition coefficient (Wildman–Crippen LogP) is 4.70. The van der Waals surface area contributed by atoms with Gasteiger partial charge in [-0.15, -0.1) is 0 Å². The van der Waals surface area contributed by atoms with Crippen molar-refractivity contribution in [2.24, 2.45) is 0 Å². The fourth-order valence-electron chi connectivity index (χ4n) is 3.40. The largest absolute Gasteiger partial charge is 0.493 e. The summed E-state index contributed by atoms with van der Waals surface area (Å²) in [6, 6.07) is 19.5. The molecule has 0 spiro atoms. The maximum absolute atomic E-state index is 12.2. The first kappa shape index (κ1) is 23.8. The minimum Gasteiger partial charge on any atom is -0.493 e. The van der Waals surface area contributed by atoms with Crippen LogP contribution >= 0.6 is 0 Å². The summed E-state index contributed by atoms with van der Waals surface area (Å²) in [7, 11) is -0.741. The first-order valence-corrected chi connectivity index (χ1v) is 12.2. The number of methoxy groups -OCH3 is 2. The zero-order chi connectivity index (χ0) is 24.8. The molecule has 0 fully saturated rings. The van der Waals surface area contributed by atoms with Gasteiger partial charge in [0.25, 0.3) is 0 Å². The van der Waals surface area contributed by atoms with E-state index < -0.39 is 16.1 Å². The Morgan fingerprint density at radius 1 is 0.886 bits per heavy atom. The molecular formula is C25H23N3O6S. The number of ether oxygens (including phenoxy) is 3. The molecule has 4 aromatic rings. The first-order valence-electron chi connectivity index (χ1n) is 10.5. The average Bonchev–Trinajstić information content (AvgIpc) is 2.84. The number of amides is 2. The van der Waals surface area contributed by atoms with Crippen molar-refractivity contribution in [3.63, 3.8) is 0 Å².